The van der Waals surface area contributed by atoms with Gasteiger partial charge in [0.1, 0.15) is 17.6 Å². The molecule has 0 spiro atoms. The molecule has 0 N–H and O–H groups in total. The summed E-state index contributed by atoms with van der Waals surface area (Å²) in [5, 5.41) is 4.17. The van der Waals surface area contributed by atoms with Gasteiger partial charge in [-0.1, -0.05) is 35.5 Å². The van der Waals surface area contributed by atoms with Crippen molar-refractivity contribution in [1.29, 1.82) is 0 Å². The van der Waals surface area contributed by atoms with Gasteiger partial charge in [0, 0.05) is 51.4 Å². The monoisotopic (exact) mass is 448 g/mol. The number of hydrogen-bond acceptors (Lipinski definition) is 6. The highest BCUT2D eigenvalue weighted by atomic mass is 16.6. The predicted octanol–water partition coefficient (Wildman–Crippen LogP) is 3.33. The Morgan fingerprint density at radius 2 is 1.76 bits per heavy atom. The Balaban J connectivity index is 1.13. The summed E-state index contributed by atoms with van der Waals surface area (Å²) < 4.78 is 6.01. The van der Waals surface area contributed by atoms with Gasteiger partial charge in [-0.05, 0) is 44.0 Å². The van der Waals surface area contributed by atoms with E-state index in [9.17, 15) is 4.79 Å². The minimum Gasteiger partial charge on any atom is -0.489 e. The first kappa shape index (κ1) is 21.8. The van der Waals surface area contributed by atoms with Crippen LogP contribution >= 0.6 is 0 Å². The molecule has 0 aromatic heterocycles. The molecule has 0 aliphatic carbocycles. The van der Waals surface area contributed by atoms with Gasteiger partial charge in [-0.2, -0.15) is 0 Å². The number of carbonyl (C=O) groups is 1. The predicted molar refractivity (Wildman–Crippen MR) is 130 cm³/mol. The zero-order valence-electron chi connectivity index (χ0n) is 19.4. The maximum atomic E-state index is 13.0. The molecule has 1 saturated heterocycles. The lowest BCUT2D eigenvalue weighted by atomic mass is 10.1. The number of nitrogens with zero attached hydrogens (tertiary/aromatic N) is 4. The molecular weight excluding hydrogens is 416 g/mol. The van der Waals surface area contributed by atoms with E-state index in [-0.39, 0.29) is 18.1 Å². The van der Waals surface area contributed by atoms with Gasteiger partial charge < -0.3 is 19.4 Å². The van der Waals surface area contributed by atoms with Crippen molar-refractivity contribution in [1.82, 2.24) is 4.90 Å². The number of oxime groups is 1. The SMILES string of the molecule is CC(C)Oc1ccccc1N1CCN(C[C@H]2CC(C(=O)N3CCc4ccccc43)=NO2)CC1. The zero-order chi connectivity index (χ0) is 22.8. The first-order valence-electron chi connectivity index (χ1n) is 11.9. The molecule has 0 radical (unpaired) electrons. The lowest BCUT2D eigenvalue weighted by Gasteiger charge is -2.37. The van der Waals surface area contributed by atoms with Crippen molar-refractivity contribution in [2.75, 3.05) is 49.1 Å². The molecule has 1 atom stereocenters. The molecular formula is C26H32N4O3. The second-order valence-corrected chi connectivity index (χ2v) is 9.23. The lowest BCUT2D eigenvalue weighted by molar-refractivity contribution is -0.112. The van der Waals surface area contributed by atoms with Gasteiger partial charge in [0.15, 0.2) is 0 Å². The van der Waals surface area contributed by atoms with Crippen LogP contribution in [-0.2, 0) is 16.1 Å². The van der Waals surface area contributed by atoms with Gasteiger partial charge in [0.25, 0.3) is 5.91 Å². The average Bonchev–Trinajstić information content (AvgIpc) is 3.47. The number of para-hydroxylation sites is 3. The van der Waals surface area contributed by atoms with Crippen LogP contribution < -0.4 is 14.5 Å². The number of anilines is 2. The van der Waals surface area contributed by atoms with Crippen LogP contribution in [0.1, 0.15) is 25.8 Å². The van der Waals surface area contributed by atoms with E-state index in [4.69, 9.17) is 9.57 Å². The van der Waals surface area contributed by atoms with Crippen LogP contribution in [0, 0.1) is 0 Å². The van der Waals surface area contributed by atoms with Crippen molar-refractivity contribution in [2.45, 2.75) is 38.9 Å². The number of carbonyl (C=O) groups excluding carboxylic acids is 1. The summed E-state index contributed by atoms with van der Waals surface area (Å²) >= 11 is 0. The number of fused-ring (bicyclic) bond motifs is 1. The Hall–Kier alpha value is -3.06. The van der Waals surface area contributed by atoms with E-state index in [1.807, 2.05) is 35.2 Å². The maximum Gasteiger partial charge on any atom is 0.276 e. The summed E-state index contributed by atoms with van der Waals surface area (Å²) in [5.74, 6) is 0.925. The molecule has 0 saturated carbocycles. The molecule has 7 heteroatoms. The molecule has 1 amide bonds. The van der Waals surface area contributed by atoms with E-state index in [0.29, 0.717) is 18.7 Å². The minimum absolute atomic E-state index is 0.0194. The summed E-state index contributed by atoms with van der Waals surface area (Å²) in [6.45, 7) is 9.36. The summed E-state index contributed by atoms with van der Waals surface area (Å²) in [5.41, 5.74) is 3.92. The second-order valence-electron chi connectivity index (χ2n) is 9.23. The molecule has 174 valence electrons. The van der Waals surface area contributed by atoms with Crippen LogP contribution in [-0.4, -0.2) is 68.0 Å². The fourth-order valence-electron chi connectivity index (χ4n) is 4.89. The van der Waals surface area contributed by atoms with Gasteiger partial charge in [0.2, 0.25) is 0 Å². The average molecular weight is 449 g/mol. The molecule has 3 heterocycles. The van der Waals surface area contributed by atoms with Gasteiger partial charge in [0.05, 0.1) is 11.8 Å². The molecule has 7 nitrogen and oxygen atoms in total. The normalized spacial score (nSPS) is 20.6. The Morgan fingerprint density at radius 3 is 2.55 bits per heavy atom. The molecule has 0 unspecified atom stereocenters. The van der Waals surface area contributed by atoms with Crippen molar-refractivity contribution in [3.05, 3.63) is 54.1 Å². The fourth-order valence-corrected chi connectivity index (χ4v) is 4.89. The number of rotatable bonds is 6. The topological polar surface area (TPSA) is 57.6 Å². The summed E-state index contributed by atoms with van der Waals surface area (Å²) in [6.07, 6.45) is 1.56. The van der Waals surface area contributed by atoms with Gasteiger partial charge in [-0.15, -0.1) is 0 Å². The third-order valence-electron chi connectivity index (χ3n) is 6.51. The Morgan fingerprint density at radius 1 is 1.03 bits per heavy atom. The van der Waals surface area contributed by atoms with Crippen LogP contribution in [0.4, 0.5) is 11.4 Å². The lowest BCUT2D eigenvalue weighted by Crippen LogP contribution is -2.48. The molecule has 2 aromatic carbocycles. The highest BCUT2D eigenvalue weighted by molar-refractivity contribution is 6.44. The van der Waals surface area contributed by atoms with Crippen LogP contribution in [0.15, 0.2) is 53.7 Å². The minimum atomic E-state index is -0.0649. The van der Waals surface area contributed by atoms with E-state index in [2.05, 4.69) is 47.0 Å². The smallest absolute Gasteiger partial charge is 0.276 e. The highest BCUT2D eigenvalue weighted by Crippen LogP contribution is 2.31. The number of benzene rings is 2. The van der Waals surface area contributed by atoms with Crippen LogP contribution in [0.5, 0.6) is 5.75 Å². The number of hydrogen-bond donors (Lipinski definition) is 0. The Bertz CT molecular complexity index is 1030. The van der Waals surface area contributed by atoms with E-state index >= 15 is 0 Å². The molecule has 3 aliphatic rings. The van der Waals surface area contributed by atoms with Gasteiger partial charge in [-0.3, -0.25) is 9.69 Å². The summed E-state index contributed by atoms with van der Waals surface area (Å²) in [7, 11) is 0. The van der Waals surface area contributed by atoms with Crippen LogP contribution in [0.25, 0.3) is 0 Å². The third-order valence-corrected chi connectivity index (χ3v) is 6.51. The van der Waals surface area contributed by atoms with Gasteiger partial charge in [-0.25, -0.2) is 0 Å². The van der Waals surface area contributed by atoms with Crippen LogP contribution in [0.2, 0.25) is 0 Å². The molecule has 3 aliphatic heterocycles. The summed E-state index contributed by atoms with van der Waals surface area (Å²) in [6, 6.07) is 16.4. The molecule has 2 aromatic rings. The van der Waals surface area contributed by atoms with Crippen molar-refractivity contribution in [2.24, 2.45) is 5.16 Å². The molecule has 0 bridgehead atoms. The molecule has 5 rings (SSSR count). The maximum absolute atomic E-state index is 13.0. The number of piperazine rings is 1. The first-order chi connectivity index (χ1) is 16.1. The van der Waals surface area contributed by atoms with E-state index in [0.717, 1.165) is 56.3 Å². The number of amides is 1. The van der Waals surface area contributed by atoms with E-state index < -0.39 is 0 Å². The van der Waals surface area contributed by atoms with Gasteiger partial charge >= 0.3 is 0 Å². The highest BCUT2D eigenvalue weighted by Gasteiger charge is 2.34. The first-order valence-corrected chi connectivity index (χ1v) is 11.9. The fraction of sp³-hybridized carbons (Fsp3) is 0.462. The van der Waals surface area contributed by atoms with E-state index in [1.165, 1.54) is 5.56 Å². The Kier molecular flexibility index (Phi) is 6.22. The number of ether oxygens (including phenoxy) is 1. The van der Waals surface area contributed by atoms with Crippen molar-refractivity contribution in [3.63, 3.8) is 0 Å². The molecule has 33 heavy (non-hydrogen) atoms. The quantitative estimate of drug-likeness (QED) is 0.679. The standard InChI is InChI=1S/C26H32N4O3/c1-19(2)32-25-10-6-5-9-24(25)29-15-13-28(14-16-29)18-21-17-22(27-33-21)26(31)30-12-11-20-7-3-4-8-23(20)30/h3-10,19,21H,11-18H2,1-2H3/t21-/m1/s1. The van der Waals surface area contributed by atoms with Crippen molar-refractivity contribution in [3.8, 4) is 5.75 Å². The third kappa shape index (κ3) is 4.69. The van der Waals surface area contributed by atoms with Crippen molar-refractivity contribution < 1.29 is 14.4 Å². The summed E-state index contributed by atoms with van der Waals surface area (Å²) in [4.78, 5) is 25.4. The zero-order valence-corrected chi connectivity index (χ0v) is 19.4. The van der Waals surface area contributed by atoms with Crippen LogP contribution in [0.3, 0.4) is 0 Å². The van der Waals surface area contributed by atoms with E-state index in [1.54, 1.807) is 0 Å². The molecule has 1 fully saturated rings. The Labute approximate surface area is 195 Å². The van der Waals surface area contributed by atoms with Crippen molar-refractivity contribution >= 4 is 23.0 Å². The largest absolute Gasteiger partial charge is 0.489 e. The second kappa shape index (κ2) is 9.43.